The normalized spacial score (nSPS) is 14.3. The maximum atomic E-state index is 13.9. The summed E-state index contributed by atoms with van der Waals surface area (Å²) in [6, 6.07) is 6.50. The van der Waals surface area contributed by atoms with Crippen molar-refractivity contribution in [3.63, 3.8) is 0 Å². The van der Waals surface area contributed by atoms with Crippen LogP contribution in [0.2, 0.25) is 0 Å². The molecule has 1 rings (SSSR count). The van der Waals surface area contributed by atoms with Crippen LogP contribution in [0.25, 0.3) is 0 Å². The lowest BCUT2D eigenvalue weighted by Crippen LogP contribution is -2.43. The molecular formula is C11H13F2O4P. The summed E-state index contributed by atoms with van der Waals surface area (Å²) in [5.74, 6) is -5.34. The molecule has 1 atom stereocenters. The number of carbonyl (C=O) groups is 1. The monoisotopic (exact) mass is 278 g/mol. The van der Waals surface area contributed by atoms with Crippen molar-refractivity contribution in [1.82, 2.24) is 0 Å². The molecule has 7 heteroatoms. The number of hydrogen-bond acceptors (Lipinski definition) is 3. The highest BCUT2D eigenvalue weighted by molar-refractivity contribution is 7.32. The molecule has 0 saturated carbocycles. The third kappa shape index (κ3) is 3.22. The van der Waals surface area contributed by atoms with E-state index in [1.165, 1.54) is 18.2 Å². The minimum Gasteiger partial charge on any atom is -0.326 e. The molecule has 100 valence electrons. The summed E-state index contributed by atoms with van der Waals surface area (Å²) in [5.41, 5.74) is -2.52. The first-order valence-corrected chi connectivity index (χ1v) is 6.34. The minimum absolute atomic E-state index is 0.482. The van der Waals surface area contributed by atoms with Crippen molar-refractivity contribution >= 4 is 14.0 Å². The Morgan fingerprint density at radius 3 is 2.22 bits per heavy atom. The molecular weight excluding hydrogens is 265 g/mol. The fourth-order valence-electron chi connectivity index (χ4n) is 1.42. The smallest absolute Gasteiger partial charge is 0.326 e. The Balaban J connectivity index is 3.06. The van der Waals surface area contributed by atoms with Crippen LogP contribution in [0.1, 0.15) is 19.4 Å². The number of halogens is 2. The molecule has 1 aromatic carbocycles. The van der Waals surface area contributed by atoms with Crippen LogP contribution in [0.3, 0.4) is 0 Å². The van der Waals surface area contributed by atoms with E-state index in [-0.39, 0.29) is 0 Å². The van der Waals surface area contributed by atoms with E-state index in [4.69, 9.17) is 4.89 Å². The zero-order valence-corrected chi connectivity index (χ0v) is 10.8. The molecule has 1 unspecified atom stereocenters. The lowest BCUT2D eigenvalue weighted by atomic mass is 9.93. The van der Waals surface area contributed by atoms with Crippen molar-refractivity contribution in [2.75, 3.05) is 0 Å². The number of alkyl halides is 2. The van der Waals surface area contributed by atoms with Crippen molar-refractivity contribution in [3.05, 3.63) is 35.9 Å². The van der Waals surface area contributed by atoms with Crippen molar-refractivity contribution < 1.29 is 27.6 Å². The van der Waals surface area contributed by atoms with Crippen LogP contribution in [0, 0.1) is 0 Å². The highest BCUT2D eigenvalue weighted by Crippen LogP contribution is 2.37. The fourth-order valence-corrected chi connectivity index (χ4v) is 1.95. The van der Waals surface area contributed by atoms with Crippen LogP contribution in [-0.2, 0) is 19.8 Å². The van der Waals surface area contributed by atoms with E-state index in [2.05, 4.69) is 4.52 Å². The lowest BCUT2D eigenvalue weighted by Gasteiger charge is -2.26. The van der Waals surface area contributed by atoms with Gasteiger partial charge in [0.05, 0.1) is 0 Å². The van der Waals surface area contributed by atoms with E-state index in [1.807, 2.05) is 0 Å². The highest BCUT2D eigenvalue weighted by Gasteiger charge is 2.49. The van der Waals surface area contributed by atoms with Crippen LogP contribution < -0.4 is 0 Å². The summed E-state index contributed by atoms with van der Waals surface area (Å²) >= 11 is 0. The predicted molar refractivity (Wildman–Crippen MR) is 61.7 cm³/mol. The summed E-state index contributed by atoms with van der Waals surface area (Å²) in [5, 5.41) is 0. The molecule has 4 nitrogen and oxygen atoms in total. The van der Waals surface area contributed by atoms with Gasteiger partial charge in [-0.25, -0.2) is 0 Å². The standard InChI is InChI=1S/C11H13F2O4P/c1-10(2,17-18(15)16)9(14)11(12,13)8-6-4-3-5-7-8/h3-7,18H,1-2H3,(H,15,16). The summed E-state index contributed by atoms with van der Waals surface area (Å²) in [6.45, 7) is 2.07. The first-order valence-electron chi connectivity index (χ1n) is 5.08. The second kappa shape index (κ2) is 5.26. The van der Waals surface area contributed by atoms with Crippen LogP contribution in [0.15, 0.2) is 30.3 Å². The number of hydrogen-bond donors (Lipinski definition) is 1. The molecule has 1 N–H and O–H groups in total. The Kier molecular flexibility index (Phi) is 4.37. The van der Waals surface area contributed by atoms with Crippen molar-refractivity contribution in [2.45, 2.75) is 25.4 Å². The summed E-state index contributed by atoms with van der Waals surface area (Å²) in [6.07, 6.45) is 0. The van der Waals surface area contributed by atoms with Gasteiger partial charge in [-0.1, -0.05) is 30.3 Å². The van der Waals surface area contributed by atoms with Crippen molar-refractivity contribution in [3.8, 4) is 0 Å². The molecule has 0 spiro atoms. The van der Waals surface area contributed by atoms with Crippen molar-refractivity contribution in [2.24, 2.45) is 0 Å². The van der Waals surface area contributed by atoms with E-state index in [9.17, 15) is 18.1 Å². The topological polar surface area (TPSA) is 63.6 Å². The second-order valence-corrected chi connectivity index (χ2v) is 4.88. The summed E-state index contributed by atoms with van der Waals surface area (Å²) in [4.78, 5) is 20.3. The molecule has 0 bridgehead atoms. The minimum atomic E-state index is -3.78. The van der Waals surface area contributed by atoms with Gasteiger partial charge in [0.25, 0.3) is 0 Å². The zero-order valence-electron chi connectivity index (χ0n) is 9.81. The SMILES string of the molecule is CC(C)(O[PH](=O)O)C(=O)C(F)(F)c1ccccc1. The fraction of sp³-hybridized carbons (Fsp3) is 0.364. The third-order valence-electron chi connectivity index (χ3n) is 2.31. The maximum Gasteiger partial charge on any atom is 0.333 e. The van der Waals surface area contributed by atoms with Gasteiger partial charge in [0.1, 0.15) is 5.60 Å². The van der Waals surface area contributed by atoms with E-state index in [0.29, 0.717) is 0 Å². The average molecular weight is 278 g/mol. The van der Waals surface area contributed by atoms with Gasteiger partial charge in [-0.3, -0.25) is 13.9 Å². The van der Waals surface area contributed by atoms with Gasteiger partial charge in [-0.15, -0.1) is 0 Å². The molecule has 0 amide bonds. The number of ketones is 1. The number of rotatable bonds is 5. The van der Waals surface area contributed by atoms with E-state index < -0.39 is 31.1 Å². The van der Waals surface area contributed by atoms with Gasteiger partial charge in [0.2, 0.25) is 5.78 Å². The third-order valence-corrected chi connectivity index (χ3v) is 3.00. The van der Waals surface area contributed by atoms with Crippen LogP contribution >= 0.6 is 8.25 Å². The van der Waals surface area contributed by atoms with Gasteiger partial charge < -0.3 is 4.89 Å². The molecule has 1 aromatic rings. The van der Waals surface area contributed by atoms with E-state index in [0.717, 1.165) is 26.0 Å². The molecule has 0 aliphatic carbocycles. The van der Waals surface area contributed by atoms with E-state index >= 15 is 0 Å². The van der Waals surface area contributed by atoms with Crippen LogP contribution in [0.5, 0.6) is 0 Å². The predicted octanol–water partition coefficient (Wildman–Crippen LogP) is 2.52. The first-order chi connectivity index (χ1) is 8.18. The summed E-state index contributed by atoms with van der Waals surface area (Å²) in [7, 11) is -3.48. The quantitative estimate of drug-likeness (QED) is 0.840. The average Bonchev–Trinajstić information content (AvgIpc) is 2.27. The molecule has 0 saturated heterocycles. The lowest BCUT2D eigenvalue weighted by molar-refractivity contribution is -0.159. The molecule has 0 radical (unpaired) electrons. The first kappa shape index (κ1) is 15.0. The molecule has 0 aliphatic heterocycles. The van der Waals surface area contributed by atoms with Gasteiger partial charge in [-0.2, -0.15) is 8.78 Å². The van der Waals surface area contributed by atoms with Gasteiger partial charge in [0, 0.05) is 5.56 Å². The van der Waals surface area contributed by atoms with Crippen LogP contribution in [0.4, 0.5) is 8.78 Å². The van der Waals surface area contributed by atoms with E-state index in [1.54, 1.807) is 0 Å². The Labute approximate surface area is 104 Å². The number of benzene rings is 1. The van der Waals surface area contributed by atoms with Gasteiger partial charge in [-0.05, 0) is 13.8 Å². The molecule has 0 fully saturated rings. The second-order valence-electron chi connectivity index (χ2n) is 4.15. The molecule has 0 aromatic heterocycles. The molecule has 0 heterocycles. The van der Waals surface area contributed by atoms with Gasteiger partial charge >= 0.3 is 14.2 Å². The Morgan fingerprint density at radius 1 is 1.28 bits per heavy atom. The molecule has 0 aliphatic rings. The summed E-state index contributed by atoms with van der Waals surface area (Å²) < 4.78 is 42.7. The Bertz CT molecular complexity index is 459. The molecule has 18 heavy (non-hydrogen) atoms. The Hall–Kier alpha value is -1.10. The maximum absolute atomic E-state index is 13.9. The number of Topliss-reactive ketones (excluding diaryl/α,β-unsaturated/α-hetero) is 1. The largest absolute Gasteiger partial charge is 0.333 e. The Morgan fingerprint density at radius 2 is 1.78 bits per heavy atom. The number of carbonyl (C=O) groups excluding carboxylic acids is 1. The van der Waals surface area contributed by atoms with Gasteiger partial charge in [0.15, 0.2) is 0 Å². The van der Waals surface area contributed by atoms with Crippen LogP contribution in [-0.4, -0.2) is 16.3 Å². The zero-order chi connectivity index (χ0) is 14.0. The van der Waals surface area contributed by atoms with Crippen molar-refractivity contribution in [1.29, 1.82) is 0 Å². The highest BCUT2D eigenvalue weighted by atomic mass is 31.1.